The molecule has 0 aromatic heterocycles. The molecule has 2 aromatic carbocycles. The van der Waals surface area contributed by atoms with E-state index in [2.05, 4.69) is 5.32 Å². The van der Waals surface area contributed by atoms with Crippen molar-refractivity contribution in [3.05, 3.63) is 70.8 Å². The van der Waals surface area contributed by atoms with Crippen molar-refractivity contribution in [1.29, 1.82) is 0 Å². The summed E-state index contributed by atoms with van der Waals surface area (Å²) in [5, 5.41) is 13.1. The van der Waals surface area contributed by atoms with Gasteiger partial charge in [-0.15, -0.1) is 0 Å². The second-order valence-corrected chi connectivity index (χ2v) is 5.84. The first kappa shape index (κ1) is 14.8. The summed E-state index contributed by atoms with van der Waals surface area (Å²) in [5.74, 6) is -0.274. The standard InChI is InChI=1S/C18H20N2O2/c1-11-6-8-12(9-7-11)16(19)18(22)20-17-14-5-3-2-4-13(14)10-15(17)21/h2-9,15-17,21H,10,19H2,1H3,(H,20,22)/t15-,16?,17+/m1/s1. The van der Waals surface area contributed by atoms with Gasteiger partial charge in [-0.3, -0.25) is 4.79 Å². The van der Waals surface area contributed by atoms with Gasteiger partial charge in [0.2, 0.25) is 5.91 Å². The number of nitrogens with one attached hydrogen (secondary N) is 1. The van der Waals surface area contributed by atoms with Crippen molar-refractivity contribution in [3.63, 3.8) is 0 Å². The zero-order chi connectivity index (χ0) is 15.7. The van der Waals surface area contributed by atoms with Crippen LogP contribution < -0.4 is 11.1 Å². The third kappa shape index (κ3) is 2.75. The van der Waals surface area contributed by atoms with Crippen molar-refractivity contribution >= 4 is 5.91 Å². The number of aliphatic hydroxyl groups is 1. The van der Waals surface area contributed by atoms with Crippen molar-refractivity contribution in [2.75, 3.05) is 0 Å². The summed E-state index contributed by atoms with van der Waals surface area (Å²) in [4.78, 5) is 12.4. The predicted octanol–water partition coefficient (Wildman–Crippen LogP) is 1.77. The van der Waals surface area contributed by atoms with E-state index in [4.69, 9.17) is 5.73 Å². The normalized spacial score (nSPS) is 21.2. The van der Waals surface area contributed by atoms with E-state index in [0.29, 0.717) is 6.42 Å². The highest BCUT2D eigenvalue weighted by atomic mass is 16.3. The summed E-state index contributed by atoms with van der Waals surface area (Å²) in [6.07, 6.45) is -0.0486. The van der Waals surface area contributed by atoms with Crippen molar-refractivity contribution in [2.24, 2.45) is 5.73 Å². The second kappa shape index (κ2) is 5.91. The van der Waals surface area contributed by atoms with Crippen LogP contribution in [0, 0.1) is 6.92 Å². The Morgan fingerprint density at radius 1 is 1.23 bits per heavy atom. The quantitative estimate of drug-likeness (QED) is 0.808. The van der Waals surface area contributed by atoms with Gasteiger partial charge in [0.05, 0.1) is 12.1 Å². The van der Waals surface area contributed by atoms with Gasteiger partial charge in [0, 0.05) is 6.42 Å². The molecule has 1 unspecified atom stereocenters. The first-order chi connectivity index (χ1) is 10.6. The Balaban J connectivity index is 1.75. The highest BCUT2D eigenvalue weighted by molar-refractivity contribution is 5.83. The molecule has 114 valence electrons. The highest BCUT2D eigenvalue weighted by Crippen LogP contribution is 2.31. The third-order valence-corrected chi connectivity index (χ3v) is 4.22. The van der Waals surface area contributed by atoms with E-state index < -0.39 is 12.1 Å². The van der Waals surface area contributed by atoms with Crippen LogP contribution in [-0.4, -0.2) is 17.1 Å². The van der Waals surface area contributed by atoms with E-state index in [1.807, 2.05) is 55.5 Å². The molecule has 1 aliphatic rings. The molecule has 0 spiro atoms. The van der Waals surface area contributed by atoms with Gasteiger partial charge in [-0.05, 0) is 23.6 Å². The number of amides is 1. The van der Waals surface area contributed by atoms with Crippen LogP contribution >= 0.6 is 0 Å². The number of hydrogen-bond donors (Lipinski definition) is 3. The molecule has 0 fully saturated rings. The van der Waals surface area contributed by atoms with Crippen LogP contribution in [0.5, 0.6) is 0 Å². The van der Waals surface area contributed by atoms with Gasteiger partial charge in [-0.2, -0.15) is 0 Å². The number of fused-ring (bicyclic) bond motifs is 1. The Labute approximate surface area is 130 Å². The molecule has 3 rings (SSSR count). The van der Waals surface area contributed by atoms with E-state index in [1.54, 1.807) is 0 Å². The molecule has 0 saturated heterocycles. The molecular formula is C18H20N2O2. The summed E-state index contributed by atoms with van der Waals surface area (Å²) in [6.45, 7) is 1.99. The van der Waals surface area contributed by atoms with Crippen molar-refractivity contribution in [1.82, 2.24) is 5.32 Å². The van der Waals surface area contributed by atoms with Crippen molar-refractivity contribution in [2.45, 2.75) is 31.5 Å². The fraction of sp³-hybridized carbons (Fsp3) is 0.278. The van der Waals surface area contributed by atoms with Crippen LogP contribution in [0.4, 0.5) is 0 Å². The van der Waals surface area contributed by atoms with Gasteiger partial charge < -0.3 is 16.2 Å². The average Bonchev–Trinajstić information content (AvgIpc) is 2.83. The van der Waals surface area contributed by atoms with E-state index in [-0.39, 0.29) is 11.9 Å². The lowest BCUT2D eigenvalue weighted by Gasteiger charge is -2.21. The second-order valence-electron chi connectivity index (χ2n) is 5.84. The number of aliphatic hydroxyl groups excluding tert-OH is 1. The molecule has 2 aromatic rings. The smallest absolute Gasteiger partial charge is 0.242 e. The fourth-order valence-electron chi connectivity index (χ4n) is 2.92. The van der Waals surface area contributed by atoms with Gasteiger partial charge in [-0.1, -0.05) is 54.1 Å². The van der Waals surface area contributed by atoms with Gasteiger partial charge >= 0.3 is 0 Å². The molecule has 1 amide bonds. The lowest BCUT2D eigenvalue weighted by atomic mass is 10.0. The number of carbonyl (C=O) groups excluding carboxylic acids is 1. The van der Waals surface area contributed by atoms with E-state index in [9.17, 15) is 9.90 Å². The molecule has 1 aliphatic carbocycles. The maximum atomic E-state index is 12.4. The molecule has 0 heterocycles. The lowest BCUT2D eigenvalue weighted by Crippen LogP contribution is -2.39. The molecule has 0 radical (unpaired) electrons. The molecule has 0 aliphatic heterocycles. The largest absolute Gasteiger partial charge is 0.390 e. The summed E-state index contributed by atoms with van der Waals surface area (Å²) in [6, 6.07) is 14.2. The fourth-order valence-corrected chi connectivity index (χ4v) is 2.92. The lowest BCUT2D eigenvalue weighted by molar-refractivity contribution is -0.124. The molecule has 4 N–H and O–H groups in total. The van der Waals surface area contributed by atoms with Crippen LogP contribution in [0.2, 0.25) is 0 Å². The minimum absolute atomic E-state index is 0.274. The molecule has 3 atom stereocenters. The Morgan fingerprint density at radius 2 is 1.91 bits per heavy atom. The van der Waals surface area contributed by atoms with Crippen molar-refractivity contribution in [3.8, 4) is 0 Å². The minimum atomic E-state index is -0.736. The van der Waals surface area contributed by atoms with Crippen LogP contribution in [0.1, 0.15) is 34.3 Å². The number of rotatable bonds is 3. The number of aryl methyl sites for hydroxylation is 1. The maximum Gasteiger partial charge on any atom is 0.242 e. The van der Waals surface area contributed by atoms with Gasteiger partial charge in [0.15, 0.2) is 0 Å². The Bertz CT molecular complexity index is 682. The Kier molecular flexibility index (Phi) is 3.96. The highest BCUT2D eigenvalue weighted by Gasteiger charge is 2.33. The summed E-state index contributed by atoms with van der Waals surface area (Å²) in [5.41, 5.74) is 9.97. The first-order valence-corrected chi connectivity index (χ1v) is 7.44. The summed E-state index contributed by atoms with van der Waals surface area (Å²) < 4.78 is 0. The first-order valence-electron chi connectivity index (χ1n) is 7.44. The Morgan fingerprint density at radius 3 is 2.64 bits per heavy atom. The third-order valence-electron chi connectivity index (χ3n) is 4.22. The van der Waals surface area contributed by atoms with E-state index >= 15 is 0 Å². The van der Waals surface area contributed by atoms with Crippen LogP contribution in [0.3, 0.4) is 0 Å². The summed E-state index contributed by atoms with van der Waals surface area (Å²) >= 11 is 0. The average molecular weight is 296 g/mol. The molecular weight excluding hydrogens is 276 g/mol. The molecule has 4 heteroatoms. The summed E-state index contributed by atoms with van der Waals surface area (Å²) in [7, 11) is 0. The number of nitrogens with two attached hydrogens (primary N) is 1. The van der Waals surface area contributed by atoms with Crippen LogP contribution in [0.15, 0.2) is 48.5 Å². The molecule has 4 nitrogen and oxygen atoms in total. The number of hydrogen-bond acceptors (Lipinski definition) is 3. The SMILES string of the molecule is Cc1ccc(C(N)C(=O)N[C@H]2c3ccccc3C[C@H]2O)cc1. The minimum Gasteiger partial charge on any atom is -0.390 e. The van der Waals surface area contributed by atoms with Crippen LogP contribution in [0.25, 0.3) is 0 Å². The van der Waals surface area contributed by atoms with Crippen LogP contribution in [-0.2, 0) is 11.2 Å². The molecule has 22 heavy (non-hydrogen) atoms. The van der Waals surface area contributed by atoms with Gasteiger partial charge in [0.25, 0.3) is 0 Å². The predicted molar refractivity (Wildman–Crippen MR) is 85.1 cm³/mol. The monoisotopic (exact) mass is 296 g/mol. The molecule has 0 bridgehead atoms. The van der Waals surface area contributed by atoms with Gasteiger partial charge in [0.1, 0.15) is 6.04 Å². The zero-order valence-corrected chi connectivity index (χ0v) is 12.5. The zero-order valence-electron chi connectivity index (χ0n) is 12.5. The number of carbonyl (C=O) groups is 1. The number of benzene rings is 2. The van der Waals surface area contributed by atoms with Gasteiger partial charge in [-0.25, -0.2) is 0 Å². The topological polar surface area (TPSA) is 75.4 Å². The Hall–Kier alpha value is -2.17. The maximum absolute atomic E-state index is 12.4. The van der Waals surface area contributed by atoms with E-state index in [1.165, 1.54) is 0 Å². The van der Waals surface area contributed by atoms with Crippen molar-refractivity contribution < 1.29 is 9.90 Å². The molecule has 0 saturated carbocycles. The van der Waals surface area contributed by atoms with E-state index in [0.717, 1.165) is 22.3 Å².